The van der Waals surface area contributed by atoms with Gasteiger partial charge in [0.1, 0.15) is 5.75 Å². The van der Waals surface area contributed by atoms with Crippen LogP contribution in [0.25, 0.3) is 0 Å². The molecule has 0 bridgehead atoms. The summed E-state index contributed by atoms with van der Waals surface area (Å²) in [5, 5.41) is 0. The van der Waals surface area contributed by atoms with Gasteiger partial charge in [0.15, 0.2) is 11.6 Å². The highest BCUT2D eigenvalue weighted by Crippen LogP contribution is 2.50. The summed E-state index contributed by atoms with van der Waals surface area (Å²) >= 11 is 0. The van der Waals surface area contributed by atoms with Crippen LogP contribution in [0.1, 0.15) is 63.9 Å². The van der Waals surface area contributed by atoms with Crippen molar-refractivity contribution in [3.8, 4) is 5.75 Å². The molecule has 1 aromatic carbocycles. The zero-order valence-corrected chi connectivity index (χ0v) is 16.2. The van der Waals surface area contributed by atoms with Gasteiger partial charge in [0.25, 0.3) is 0 Å². The highest BCUT2D eigenvalue weighted by atomic mass is 16.5. The maximum absolute atomic E-state index is 13.1. The van der Waals surface area contributed by atoms with E-state index in [0.29, 0.717) is 19.4 Å². The van der Waals surface area contributed by atoms with E-state index in [1.807, 2.05) is 31.2 Å². The Morgan fingerprint density at radius 1 is 0.926 bits per heavy atom. The number of rotatable bonds is 4. The molecule has 0 saturated carbocycles. The van der Waals surface area contributed by atoms with Crippen molar-refractivity contribution in [3.05, 3.63) is 52.4 Å². The standard InChI is InChI=1S/C23H27NO3/c1-3-24-16-10-7-12-18(25)22(16)21(23-17(24)11-8-13-19(23)26)15-9-5-6-14-20(15)27-4-2/h5-6,9,14,21H,3-4,7-8,10-13H2,1-2H3. The molecule has 0 N–H and O–H groups in total. The van der Waals surface area contributed by atoms with Crippen LogP contribution >= 0.6 is 0 Å². The Morgan fingerprint density at radius 3 is 2.07 bits per heavy atom. The van der Waals surface area contributed by atoms with Crippen LogP contribution in [0.2, 0.25) is 0 Å². The molecule has 27 heavy (non-hydrogen) atoms. The lowest BCUT2D eigenvalue weighted by atomic mass is 9.70. The predicted octanol–water partition coefficient (Wildman–Crippen LogP) is 4.52. The van der Waals surface area contributed by atoms with Crippen molar-refractivity contribution in [2.24, 2.45) is 0 Å². The smallest absolute Gasteiger partial charge is 0.161 e. The van der Waals surface area contributed by atoms with Crippen molar-refractivity contribution >= 4 is 11.6 Å². The normalized spacial score (nSPS) is 20.7. The average Bonchev–Trinajstić information content (AvgIpc) is 2.68. The van der Waals surface area contributed by atoms with Gasteiger partial charge in [-0.1, -0.05) is 18.2 Å². The number of hydrogen-bond acceptors (Lipinski definition) is 4. The van der Waals surface area contributed by atoms with Crippen LogP contribution in [-0.2, 0) is 9.59 Å². The molecular formula is C23H27NO3. The third-order valence-electron chi connectivity index (χ3n) is 5.93. The molecule has 0 radical (unpaired) electrons. The van der Waals surface area contributed by atoms with E-state index in [1.54, 1.807) is 0 Å². The van der Waals surface area contributed by atoms with E-state index < -0.39 is 0 Å². The molecule has 3 aliphatic rings. The van der Waals surface area contributed by atoms with Crippen LogP contribution in [0, 0.1) is 0 Å². The van der Waals surface area contributed by atoms with Crippen molar-refractivity contribution in [1.82, 2.24) is 4.90 Å². The second kappa shape index (κ2) is 7.34. The van der Waals surface area contributed by atoms with Gasteiger partial charge < -0.3 is 9.64 Å². The van der Waals surface area contributed by atoms with Crippen molar-refractivity contribution < 1.29 is 14.3 Å². The Labute approximate surface area is 160 Å². The molecule has 4 rings (SSSR count). The van der Waals surface area contributed by atoms with E-state index in [-0.39, 0.29) is 17.5 Å². The third kappa shape index (κ3) is 2.91. The molecule has 142 valence electrons. The van der Waals surface area contributed by atoms with E-state index in [2.05, 4.69) is 11.8 Å². The van der Waals surface area contributed by atoms with E-state index in [0.717, 1.165) is 66.1 Å². The molecule has 0 saturated heterocycles. The number of carbonyl (C=O) groups excluding carboxylic acids is 2. The van der Waals surface area contributed by atoms with Crippen molar-refractivity contribution in [1.29, 1.82) is 0 Å². The van der Waals surface area contributed by atoms with Crippen molar-refractivity contribution in [3.63, 3.8) is 0 Å². The molecule has 0 unspecified atom stereocenters. The largest absolute Gasteiger partial charge is 0.494 e. The van der Waals surface area contributed by atoms with Gasteiger partial charge in [-0.2, -0.15) is 0 Å². The lowest BCUT2D eigenvalue weighted by molar-refractivity contribution is -0.117. The van der Waals surface area contributed by atoms with Gasteiger partial charge in [0.2, 0.25) is 0 Å². The number of ether oxygens (including phenoxy) is 1. The summed E-state index contributed by atoms with van der Waals surface area (Å²) in [5.41, 5.74) is 4.91. The van der Waals surface area contributed by atoms with E-state index in [1.165, 1.54) is 0 Å². The van der Waals surface area contributed by atoms with Crippen molar-refractivity contribution in [2.75, 3.05) is 13.2 Å². The molecule has 2 aliphatic carbocycles. The molecule has 4 nitrogen and oxygen atoms in total. The van der Waals surface area contributed by atoms with Gasteiger partial charge in [-0.3, -0.25) is 9.59 Å². The lowest BCUT2D eigenvalue weighted by Gasteiger charge is -2.43. The summed E-state index contributed by atoms with van der Waals surface area (Å²) in [4.78, 5) is 28.4. The number of hydrogen-bond donors (Lipinski definition) is 0. The number of benzene rings is 1. The molecule has 1 aliphatic heterocycles. The molecule has 0 atom stereocenters. The van der Waals surface area contributed by atoms with Gasteiger partial charge >= 0.3 is 0 Å². The number of Topliss-reactive ketones (excluding diaryl/α,β-unsaturated/α-hetero) is 2. The van der Waals surface area contributed by atoms with Crippen LogP contribution in [0.15, 0.2) is 46.8 Å². The summed E-state index contributed by atoms with van der Waals surface area (Å²) < 4.78 is 5.89. The first kappa shape index (κ1) is 18.0. The minimum absolute atomic E-state index is 0.191. The minimum atomic E-state index is -0.277. The molecule has 0 fully saturated rings. The zero-order chi connectivity index (χ0) is 19.0. The lowest BCUT2D eigenvalue weighted by Crippen LogP contribution is -2.39. The average molecular weight is 365 g/mol. The molecule has 0 aromatic heterocycles. The minimum Gasteiger partial charge on any atom is -0.494 e. The second-order valence-electron chi connectivity index (χ2n) is 7.42. The SMILES string of the molecule is CCOc1ccccc1C1C2=C(CCCC2=O)N(CC)C2=C1C(=O)CCC2. The Kier molecular flexibility index (Phi) is 4.90. The Morgan fingerprint density at radius 2 is 1.52 bits per heavy atom. The number of ketones is 2. The number of para-hydroxylation sites is 1. The summed E-state index contributed by atoms with van der Waals surface area (Å²) in [6, 6.07) is 7.90. The Hall–Kier alpha value is -2.36. The van der Waals surface area contributed by atoms with Gasteiger partial charge in [0, 0.05) is 53.4 Å². The van der Waals surface area contributed by atoms with Gasteiger partial charge in [-0.25, -0.2) is 0 Å². The third-order valence-corrected chi connectivity index (χ3v) is 5.93. The van der Waals surface area contributed by atoms with E-state index in [4.69, 9.17) is 4.74 Å². The Bertz CT molecular complexity index is 805. The summed E-state index contributed by atoms with van der Waals surface area (Å²) in [6.07, 6.45) is 4.75. The zero-order valence-electron chi connectivity index (χ0n) is 16.2. The summed E-state index contributed by atoms with van der Waals surface area (Å²) in [6.45, 7) is 5.44. The van der Waals surface area contributed by atoms with E-state index >= 15 is 0 Å². The van der Waals surface area contributed by atoms with Gasteiger partial charge in [-0.05, 0) is 45.6 Å². The first-order valence-electron chi connectivity index (χ1n) is 10.2. The summed E-state index contributed by atoms with van der Waals surface area (Å²) in [5.74, 6) is 0.887. The first-order chi connectivity index (χ1) is 13.2. The highest BCUT2D eigenvalue weighted by Gasteiger charge is 2.43. The fourth-order valence-electron chi connectivity index (χ4n) is 4.92. The second-order valence-corrected chi connectivity index (χ2v) is 7.42. The van der Waals surface area contributed by atoms with Crippen LogP contribution in [-0.4, -0.2) is 29.6 Å². The Balaban J connectivity index is 1.97. The fourth-order valence-corrected chi connectivity index (χ4v) is 4.92. The van der Waals surface area contributed by atoms with Crippen LogP contribution in [0.5, 0.6) is 5.75 Å². The maximum Gasteiger partial charge on any atom is 0.161 e. The maximum atomic E-state index is 13.1. The number of nitrogens with zero attached hydrogens (tertiary/aromatic N) is 1. The molecule has 4 heteroatoms. The quantitative estimate of drug-likeness (QED) is 0.787. The molecule has 0 spiro atoms. The number of allylic oxidation sites excluding steroid dienone is 4. The van der Waals surface area contributed by atoms with Crippen LogP contribution in [0.4, 0.5) is 0 Å². The topological polar surface area (TPSA) is 46.6 Å². The van der Waals surface area contributed by atoms with Gasteiger partial charge in [-0.15, -0.1) is 0 Å². The molecular weight excluding hydrogens is 338 g/mol. The van der Waals surface area contributed by atoms with Crippen LogP contribution < -0.4 is 4.74 Å². The van der Waals surface area contributed by atoms with Crippen molar-refractivity contribution in [2.45, 2.75) is 58.3 Å². The van der Waals surface area contributed by atoms with Gasteiger partial charge in [0.05, 0.1) is 6.61 Å². The van der Waals surface area contributed by atoms with Crippen LogP contribution in [0.3, 0.4) is 0 Å². The molecule has 1 aromatic rings. The highest BCUT2D eigenvalue weighted by molar-refractivity contribution is 6.06. The first-order valence-corrected chi connectivity index (χ1v) is 10.2. The van der Waals surface area contributed by atoms with E-state index in [9.17, 15) is 9.59 Å². The monoisotopic (exact) mass is 365 g/mol. The molecule has 0 amide bonds. The number of carbonyl (C=O) groups is 2. The fraction of sp³-hybridized carbons (Fsp3) is 0.478. The summed E-state index contributed by atoms with van der Waals surface area (Å²) in [7, 11) is 0. The predicted molar refractivity (Wildman–Crippen MR) is 105 cm³/mol. The molecule has 1 heterocycles.